The molecule has 1 aliphatic heterocycles. The Labute approximate surface area is 115 Å². The van der Waals surface area contributed by atoms with Crippen LogP contribution in [0.5, 0.6) is 0 Å². The summed E-state index contributed by atoms with van der Waals surface area (Å²) in [6, 6.07) is 8.02. The summed E-state index contributed by atoms with van der Waals surface area (Å²) in [6.07, 6.45) is 0.670. The maximum absolute atomic E-state index is 12.2. The second-order valence-corrected chi connectivity index (χ2v) is 5.78. The lowest BCUT2D eigenvalue weighted by atomic mass is 9.92. The molecule has 0 aromatic heterocycles. The predicted molar refractivity (Wildman–Crippen MR) is 78.2 cm³/mol. The molecule has 19 heavy (non-hydrogen) atoms. The van der Waals surface area contributed by atoms with E-state index in [2.05, 4.69) is 43.1 Å². The predicted octanol–water partition coefficient (Wildman–Crippen LogP) is 1.43. The van der Waals surface area contributed by atoms with E-state index in [1.165, 1.54) is 5.56 Å². The van der Waals surface area contributed by atoms with E-state index >= 15 is 0 Å². The van der Waals surface area contributed by atoms with E-state index in [1.54, 1.807) is 0 Å². The lowest BCUT2D eigenvalue weighted by Gasteiger charge is -2.49. The van der Waals surface area contributed by atoms with Gasteiger partial charge < -0.3 is 16.0 Å². The van der Waals surface area contributed by atoms with Crippen molar-refractivity contribution in [3.05, 3.63) is 29.8 Å². The monoisotopic (exact) mass is 261 g/mol. The van der Waals surface area contributed by atoms with Gasteiger partial charge in [0.1, 0.15) is 6.04 Å². The van der Waals surface area contributed by atoms with E-state index in [0.717, 1.165) is 5.69 Å². The minimum atomic E-state index is -0.185. The van der Waals surface area contributed by atoms with Crippen molar-refractivity contribution >= 4 is 11.6 Å². The summed E-state index contributed by atoms with van der Waals surface area (Å²) in [5.74, 6) is 0.0769. The first-order valence-electron chi connectivity index (χ1n) is 6.80. The number of hydrogen-bond donors (Lipinski definition) is 2. The van der Waals surface area contributed by atoms with Gasteiger partial charge in [-0.3, -0.25) is 4.79 Å². The largest absolute Gasteiger partial charge is 0.352 e. The SMILES string of the molecule is Cc1ccccc1N1C(CCN)C(=O)NCC1(C)C. The smallest absolute Gasteiger partial charge is 0.242 e. The first kappa shape index (κ1) is 13.9. The number of nitrogens with two attached hydrogens (primary N) is 1. The number of nitrogens with zero attached hydrogens (tertiary/aromatic N) is 1. The zero-order valence-corrected chi connectivity index (χ0v) is 11.9. The third-order valence-corrected chi connectivity index (χ3v) is 3.78. The summed E-state index contributed by atoms with van der Waals surface area (Å²) in [5, 5.41) is 2.99. The first-order valence-corrected chi connectivity index (χ1v) is 6.80. The van der Waals surface area contributed by atoms with Crippen LogP contribution in [-0.4, -0.2) is 30.6 Å². The molecule has 0 saturated carbocycles. The molecule has 1 amide bonds. The van der Waals surface area contributed by atoms with Gasteiger partial charge in [-0.1, -0.05) is 18.2 Å². The van der Waals surface area contributed by atoms with Crippen molar-refractivity contribution in [1.29, 1.82) is 0 Å². The Morgan fingerprint density at radius 1 is 1.42 bits per heavy atom. The molecule has 1 unspecified atom stereocenters. The Hall–Kier alpha value is -1.55. The molecule has 4 heteroatoms. The Morgan fingerprint density at radius 2 is 2.11 bits per heavy atom. The van der Waals surface area contributed by atoms with Crippen LogP contribution in [-0.2, 0) is 4.79 Å². The highest BCUT2D eigenvalue weighted by Crippen LogP contribution is 2.32. The zero-order chi connectivity index (χ0) is 14.0. The maximum atomic E-state index is 12.2. The number of amides is 1. The molecule has 104 valence electrons. The van der Waals surface area contributed by atoms with Crippen LogP contribution >= 0.6 is 0 Å². The first-order chi connectivity index (χ1) is 8.97. The standard InChI is InChI=1S/C15H23N3O/c1-11-6-4-5-7-12(11)18-13(8-9-16)14(19)17-10-15(18,2)3/h4-7,13H,8-10,16H2,1-3H3,(H,17,19). The molecular weight excluding hydrogens is 238 g/mol. The number of para-hydroxylation sites is 1. The van der Waals surface area contributed by atoms with E-state index in [1.807, 2.05) is 12.1 Å². The molecule has 3 N–H and O–H groups in total. The van der Waals surface area contributed by atoms with E-state index in [-0.39, 0.29) is 17.5 Å². The summed E-state index contributed by atoms with van der Waals surface area (Å²) in [5.41, 5.74) is 7.88. The van der Waals surface area contributed by atoms with Gasteiger partial charge in [-0.05, 0) is 45.4 Å². The fourth-order valence-electron chi connectivity index (χ4n) is 2.79. The second-order valence-electron chi connectivity index (χ2n) is 5.78. The van der Waals surface area contributed by atoms with Crippen LogP contribution in [0.25, 0.3) is 0 Å². The number of carbonyl (C=O) groups is 1. The molecular formula is C15H23N3O. The van der Waals surface area contributed by atoms with Crippen LogP contribution in [0.15, 0.2) is 24.3 Å². The van der Waals surface area contributed by atoms with Gasteiger partial charge in [-0.25, -0.2) is 0 Å². The topological polar surface area (TPSA) is 58.4 Å². The lowest BCUT2D eigenvalue weighted by Crippen LogP contribution is -2.66. The summed E-state index contributed by atoms with van der Waals surface area (Å²) >= 11 is 0. The number of hydrogen-bond acceptors (Lipinski definition) is 3. The molecule has 0 aliphatic carbocycles. The van der Waals surface area contributed by atoms with Gasteiger partial charge in [-0.2, -0.15) is 0 Å². The average Bonchev–Trinajstić information content (AvgIpc) is 2.36. The summed E-state index contributed by atoms with van der Waals surface area (Å²) in [4.78, 5) is 14.4. The van der Waals surface area contributed by atoms with Gasteiger partial charge in [0.15, 0.2) is 0 Å². The summed E-state index contributed by atoms with van der Waals surface area (Å²) in [7, 11) is 0. The van der Waals surface area contributed by atoms with Gasteiger partial charge in [0.2, 0.25) is 5.91 Å². The van der Waals surface area contributed by atoms with Crippen LogP contribution in [0.1, 0.15) is 25.8 Å². The highest BCUT2D eigenvalue weighted by Gasteiger charge is 2.41. The van der Waals surface area contributed by atoms with Crippen molar-refractivity contribution in [2.75, 3.05) is 18.0 Å². The third kappa shape index (κ3) is 2.59. The molecule has 2 rings (SSSR count). The van der Waals surface area contributed by atoms with Crippen molar-refractivity contribution in [3.63, 3.8) is 0 Å². The van der Waals surface area contributed by atoms with E-state index < -0.39 is 0 Å². The van der Waals surface area contributed by atoms with Gasteiger partial charge in [0, 0.05) is 12.2 Å². The number of rotatable bonds is 3. The number of piperazine rings is 1. The molecule has 4 nitrogen and oxygen atoms in total. The quantitative estimate of drug-likeness (QED) is 0.865. The van der Waals surface area contributed by atoms with E-state index in [4.69, 9.17) is 5.73 Å². The molecule has 0 radical (unpaired) electrons. The molecule has 1 aliphatic rings. The van der Waals surface area contributed by atoms with Gasteiger partial charge in [-0.15, -0.1) is 0 Å². The Morgan fingerprint density at radius 3 is 2.74 bits per heavy atom. The number of nitrogens with one attached hydrogen (secondary N) is 1. The normalized spacial score (nSPS) is 22.2. The number of anilines is 1. The van der Waals surface area contributed by atoms with Crippen LogP contribution in [0.2, 0.25) is 0 Å². The fourth-order valence-corrected chi connectivity index (χ4v) is 2.79. The van der Waals surface area contributed by atoms with E-state index in [0.29, 0.717) is 19.5 Å². The Balaban J connectivity index is 2.46. The Bertz CT molecular complexity index is 470. The zero-order valence-electron chi connectivity index (χ0n) is 11.9. The molecule has 1 heterocycles. The molecule has 1 atom stereocenters. The van der Waals surface area contributed by atoms with Crippen molar-refractivity contribution in [1.82, 2.24) is 5.32 Å². The van der Waals surface area contributed by atoms with Crippen LogP contribution in [0, 0.1) is 6.92 Å². The van der Waals surface area contributed by atoms with Gasteiger partial charge in [0.25, 0.3) is 0 Å². The molecule has 1 aromatic rings. The van der Waals surface area contributed by atoms with Gasteiger partial charge in [0.05, 0.1) is 5.54 Å². The minimum absolute atomic E-state index is 0.0769. The highest BCUT2D eigenvalue weighted by molar-refractivity contribution is 5.87. The number of aryl methyl sites for hydroxylation is 1. The fraction of sp³-hybridized carbons (Fsp3) is 0.533. The van der Waals surface area contributed by atoms with E-state index in [9.17, 15) is 4.79 Å². The van der Waals surface area contributed by atoms with Crippen LogP contribution in [0.4, 0.5) is 5.69 Å². The second kappa shape index (κ2) is 5.21. The third-order valence-electron chi connectivity index (χ3n) is 3.78. The minimum Gasteiger partial charge on any atom is -0.352 e. The van der Waals surface area contributed by atoms with Gasteiger partial charge >= 0.3 is 0 Å². The lowest BCUT2D eigenvalue weighted by molar-refractivity contribution is -0.124. The van der Waals surface area contributed by atoms with Crippen molar-refractivity contribution < 1.29 is 4.79 Å². The molecule has 0 bridgehead atoms. The molecule has 1 fully saturated rings. The highest BCUT2D eigenvalue weighted by atomic mass is 16.2. The summed E-state index contributed by atoms with van der Waals surface area (Å²) in [6.45, 7) is 7.56. The summed E-state index contributed by atoms with van der Waals surface area (Å²) < 4.78 is 0. The van der Waals surface area contributed by atoms with Crippen molar-refractivity contribution in [2.24, 2.45) is 5.73 Å². The number of benzene rings is 1. The van der Waals surface area contributed by atoms with Crippen molar-refractivity contribution in [3.8, 4) is 0 Å². The van der Waals surface area contributed by atoms with Crippen LogP contribution < -0.4 is 16.0 Å². The molecule has 1 aromatic carbocycles. The van der Waals surface area contributed by atoms with Crippen LogP contribution in [0.3, 0.4) is 0 Å². The number of carbonyl (C=O) groups excluding carboxylic acids is 1. The average molecular weight is 261 g/mol. The molecule has 1 saturated heterocycles. The van der Waals surface area contributed by atoms with Crippen molar-refractivity contribution in [2.45, 2.75) is 38.8 Å². The maximum Gasteiger partial charge on any atom is 0.242 e. The Kier molecular flexibility index (Phi) is 3.80. The molecule has 0 spiro atoms.